The Kier molecular flexibility index (Phi) is 3.48. The van der Waals surface area contributed by atoms with E-state index in [-0.39, 0.29) is 0 Å². The van der Waals surface area contributed by atoms with Gasteiger partial charge in [-0.05, 0) is 32.0 Å². The van der Waals surface area contributed by atoms with Gasteiger partial charge in [-0.3, -0.25) is 0 Å². The lowest BCUT2D eigenvalue weighted by atomic mass is 9.97. The number of fused-ring (bicyclic) bond motifs is 1. The Bertz CT molecular complexity index is 562. The second-order valence-corrected chi connectivity index (χ2v) is 5.21. The van der Waals surface area contributed by atoms with Crippen LogP contribution in [0.25, 0.3) is 5.65 Å². The fourth-order valence-corrected chi connectivity index (χ4v) is 2.86. The first kappa shape index (κ1) is 12.6. The number of rotatable bonds is 3. The Morgan fingerprint density at radius 3 is 3.16 bits per heavy atom. The lowest BCUT2D eigenvalue weighted by molar-refractivity contribution is 0.214. The van der Waals surface area contributed by atoms with Crippen molar-refractivity contribution in [2.45, 2.75) is 32.2 Å². The number of pyridine rings is 1. The number of nitrogens with two attached hydrogens (primary N) is 1. The SMILES string of the molecule is CCN1CCCC(c2nc3c(CN)cccn3n2)C1. The molecule has 1 saturated heterocycles. The Morgan fingerprint density at radius 2 is 2.37 bits per heavy atom. The van der Waals surface area contributed by atoms with Gasteiger partial charge >= 0.3 is 0 Å². The maximum Gasteiger partial charge on any atom is 0.160 e. The number of likely N-dealkylation sites (N-methyl/N-ethyl adjacent to an activating group) is 1. The fourth-order valence-electron chi connectivity index (χ4n) is 2.86. The number of hydrogen-bond donors (Lipinski definition) is 1. The molecule has 0 bridgehead atoms. The molecule has 0 saturated carbocycles. The van der Waals surface area contributed by atoms with Crippen molar-refractivity contribution in [3.05, 3.63) is 29.7 Å². The van der Waals surface area contributed by atoms with Crippen LogP contribution in [-0.4, -0.2) is 39.1 Å². The van der Waals surface area contributed by atoms with Gasteiger partial charge in [-0.25, -0.2) is 9.50 Å². The lowest BCUT2D eigenvalue weighted by Crippen LogP contribution is -2.34. The van der Waals surface area contributed by atoms with E-state index in [2.05, 4.69) is 16.9 Å². The molecule has 1 fully saturated rings. The quantitative estimate of drug-likeness (QED) is 0.905. The summed E-state index contributed by atoms with van der Waals surface area (Å²) in [6, 6.07) is 4.00. The molecule has 3 rings (SSSR count). The molecule has 1 unspecified atom stereocenters. The summed E-state index contributed by atoms with van der Waals surface area (Å²) in [7, 11) is 0. The van der Waals surface area contributed by atoms with Crippen LogP contribution in [-0.2, 0) is 6.54 Å². The average Bonchev–Trinajstić information content (AvgIpc) is 2.91. The fraction of sp³-hybridized carbons (Fsp3) is 0.571. The predicted molar refractivity (Wildman–Crippen MR) is 75.0 cm³/mol. The van der Waals surface area contributed by atoms with Crippen LogP contribution in [0.4, 0.5) is 0 Å². The van der Waals surface area contributed by atoms with Gasteiger partial charge in [0.05, 0.1) is 0 Å². The van der Waals surface area contributed by atoms with E-state index in [1.165, 1.54) is 19.4 Å². The first-order valence-corrected chi connectivity index (χ1v) is 7.08. The molecule has 2 aromatic rings. The number of piperidine rings is 1. The molecule has 0 amide bonds. The van der Waals surface area contributed by atoms with Crippen LogP contribution in [0.15, 0.2) is 18.3 Å². The second kappa shape index (κ2) is 5.27. The normalized spacial score (nSPS) is 21.1. The van der Waals surface area contributed by atoms with E-state index in [1.54, 1.807) is 0 Å². The third-order valence-electron chi connectivity index (χ3n) is 4.00. The smallest absolute Gasteiger partial charge is 0.160 e. The predicted octanol–water partition coefficient (Wildman–Crippen LogP) is 1.39. The number of likely N-dealkylation sites (tertiary alicyclic amines) is 1. The summed E-state index contributed by atoms with van der Waals surface area (Å²) >= 11 is 0. The van der Waals surface area contributed by atoms with Gasteiger partial charge in [-0.2, -0.15) is 5.10 Å². The Morgan fingerprint density at radius 1 is 1.47 bits per heavy atom. The topological polar surface area (TPSA) is 59.5 Å². The summed E-state index contributed by atoms with van der Waals surface area (Å²) in [5.74, 6) is 1.43. The van der Waals surface area contributed by atoms with E-state index in [0.29, 0.717) is 12.5 Å². The maximum atomic E-state index is 5.76. The van der Waals surface area contributed by atoms with Crippen molar-refractivity contribution in [1.82, 2.24) is 19.5 Å². The van der Waals surface area contributed by atoms with Crippen LogP contribution in [0.2, 0.25) is 0 Å². The standard InChI is InChI=1S/C14H21N5/c1-2-18-7-3-6-12(10-18)13-16-14-11(9-15)5-4-8-19(14)17-13/h4-5,8,12H,2-3,6-7,9-10,15H2,1H3. The summed E-state index contributed by atoms with van der Waals surface area (Å²) in [5.41, 5.74) is 7.73. The number of nitrogens with zero attached hydrogens (tertiary/aromatic N) is 4. The molecule has 0 aliphatic carbocycles. The molecule has 0 aromatic carbocycles. The molecule has 1 aliphatic heterocycles. The highest BCUT2D eigenvalue weighted by molar-refractivity contribution is 5.47. The average molecular weight is 259 g/mol. The molecule has 2 aromatic heterocycles. The Labute approximate surface area is 113 Å². The summed E-state index contributed by atoms with van der Waals surface area (Å²) in [4.78, 5) is 7.20. The van der Waals surface area contributed by atoms with Gasteiger partial charge in [0.15, 0.2) is 11.5 Å². The van der Waals surface area contributed by atoms with E-state index in [9.17, 15) is 0 Å². The third kappa shape index (κ3) is 2.35. The highest BCUT2D eigenvalue weighted by atomic mass is 15.3. The zero-order valence-corrected chi connectivity index (χ0v) is 11.4. The molecule has 1 aliphatic rings. The van der Waals surface area contributed by atoms with Crippen molar-refractivity contribution in [3.63, 3.8) is 0 Å². The van der Waals surface area contributed by atoms with Crippen molar-refractivity contribution >= 4 is 5.65 Å². The monoisotopic (exact) mass is 259 g/mol. The Hall–Kier alpha value is -1.46. The molecule has 1 atom stereocenters. The molecule has 5 nitrogen and oxygen atoms in total. The van der Waals surface area contributed by atoms with Gasteiger partial charge in [0.2, 0.25) is 0 Å². The maximum absolute atomic E-state index is 5.76. The zero-order chi connectivity index (χ0) is 13.2. The van der Waals surface area contributed by atoms with E-state index in [1.807, 2.05) is 22.8 Å². The first-order valence-electron chi connectivity index (χ1n) is 7.08. The van der Waals surface area contributed by atoms with E-state index < -0.39 is 0 Å². The molecule has 5 heteroatoms. The van der Waals surface area contributed by atoms with Crippen molar-refractivity contribution < 1.29 is 0 Å². The van der Waals surface area contributed by atoms with Crippen LogP contribution < -0.4 is 5.73 Å². The van der Waals surface area contributed by atoms with Crippen molar-refractivity contribution in [3.8, 4) is 0 Å². The highest BCUT2D eigenvalue weighted by Gasteiger charge is 2.24. The zero-order valence-electron chi connectivity index (χ0n) is 11.4. The summed E-state index contributed by atoms with van der Waals surface area (Å²) in [6.07, 6.45) is 4.37. The Balaban J connectivity index is 1.92. The molecule has 19 heavy (non-hydrogen) atoms. The van der Waals surface area contributed by atoms with Gasteiger partial charge < -0.3 is 10.6 Å². The highest BCUT2D eigenvalue weighted by Crippen LogP contribution is 2.25. The molecule has 2 N–H and O–H groups in total. The number of hydrogen-bond acceptors (Lipinski definition) is 4. The summed E-state index contributed by atoms with van der Waals surface area (Å²) in [5, 5.41) is 4.64. The van der Waals surface area contributed by atoms with E-state index >= 15 is 0 Å². The van der Waals surface area contributed by atoms with Crippen LogP contribution >= 0.6 is 0 Å². The van der Waals surface area contributed by atoms with Crippen LogP contribution in [0.3, 0.4) is 0 Å². The summed E-state index contributed by atoms with van der Waals surface area (Å²) < 4.78 is 1.86. The second-order valence-electron chi connectivity index (χ2n) is 5.21. The van der Waals surface area contributed by atoms with Gasteiger partial charge in [0, 0.05) is 30.8 Å². The molecular formula is C14H21N5. The van der Waals surface area contributed by atoms with Crippen molar-refractivity contribution in [2.24, 2.45) is 5.73 Å². The minimum atomic E-state index is 0.458. The minimum absolute atomic E-state index is 0.458. The van der Waals surface area contributed by atoms with Crippen LogP contribution in [0.1, 0.15) is 37.1 Å². The van der Waals surface area contributed by atoms with Gasteiger partial charge in [-0.1, -0.05) is 13.0 Å². The van der Waals surface area contributed by atoms with Crippen LogP contribution in [0, 0.1) is 0 Å². The largest absolute Gasteiger partial charge is 0.326 e. The molecule has 3 heterocycles. The van der Waals surface area contributed by atoms with Gasteiger partial charge in [0.1, 0.15) is 0 Å². The molecule has 0 radical (unpaired) electrons. The molecule has 0 spiro atoms. The summed E-state index contributed by atoms with van der Waals surface area (Å²) in [6.45, 7) is 6.11. The van der Waals surface area contributed by atoms with Gasteiger partial charge in [0.25, 0.3) is 0 Å². The van der Waals surface area contributed by atoms with Crippen molar-refractivity contribution in [2.75, 3.05) is 19.6 Å². The van der Waals surface area contributed by atoms with E-state index in [4.69, 9.17) is 10.7 Å². The lowest BCUT2D eigenvalue weighted by Gasteiger charge is -2.30. The van der Waals surface area contributed by atoms with Crippen LogP contribution in [0.5, 0.6) is 0 Å². The minimum Gasteiger partial charge on any atom is -0.326 e. The number of aromatic nitrogens is 3. The molecular weight excluding hydrogens is 238 g/mol. The van der Waals surface area contributed by atoms with E-state index in [0.717, 1.165) is 30.1 Å². The molecule has 102 valence electrons. The third-order valence-corrected chi connectivity index (χ3v) is 4.00. The first-order chi connectivity index (χ1) is 9.31. The van der Waals surface area contributed by atoms with Crippen molar-refractivity contribution in [1.29, 1.82) is 0 Å². The van der Waals surface area contributed by atoms with Gasteiger partial charge in [-0.15, -0.1) is 0 Å².